The molecule has 27 heavy (non-hydrogen) atoms. The zero-order chi connectivity index (χ0) is 19.6. The number of anilines is 2. The smallest absolute Gasteiger partial charge is 0.339 e. The van der Waals surface area contributed by atoms with Crippen molar-refractivity contribution in [2.24, 2.45) is 0 Å². The van der Waals surface area contributed by atoms with Crippen molar-refractivity contribution in [1.82, 2.24) is 9.97 Å². The third-order valence-electron chi connectivity index (χ3n) is 4.13. The van der Waals surface area contributed by atoms with Gasteiger partial charge in [0.1, 0.15) is 5.82 Å². The van der Waals surface area contributed by atoms with Crippen LogP contribution in [0.25, 0.3) is 0 Å². The molecule has 0 bridgehead atoms. The van der Waals surface area contributed by atoms with E-state index in [0.29, 0.717) is 42.0 Å². The Hall–Kier alpha value is -2.65. The molecule has 0 atom stereocenters. The fourth-order valence-electron chi connectivity index (χ4n) is 2.82. The first-order valence-electron chi connectivity index (χ1n) is 7.94. The van der Waals surface area contributed by atoms with Crippen LogP contribution in [0.1, 0.15) is 10.4 Å². The first kappa shape index (κ1) is 19.1. The Bertz CT molecular complexity index is 887. The van der Waals surface area contributed by atoms with Crippen LogP contribution < -0.4 is 9.80 Å². The lowest BCUT2D eigenvalue weighted by Crippen LogP contribution is -2.47. The van der Waals surface area contributed by atoms with Gasteiger partial charge in [-0.3, -0.25) is 10.1 Å². The number of esters is 1. The van der Waals surface area contributed by atoms with Crippen LogP contribution in [-0.2, 0) is 4.74 Å². The molecule has 0 N–H and O–H groups in total. The van der Waals surface area contributed by atoms with Crippen molar-refractivity contribution in [3.63, 3.8) is 0 Å². The van der Waals surface area contributed by atoms with E-state index in [4.69, 9.17) is 23.2 Å². The fraction of sp³-hybridized carbons (Fsp3) is 0.312. The average Bonchev–Trinajstić information content (AvgIpc) is 2.67. The summed E-state index contributed by atoms with van der Waals surface area (Å²) in [5.41, 5.74) is -0.210. The minimum Gasteiger partial charge on any atom is -0.465 e. The number of nitrogens with zero attached hydrogens (tertiary/aromatic N) is 5. The van der Waals surface area contributed by atoms with Gasteiger partial charge in [0.2, 0.25) is 5.82 Å². The van der Waals surface area contributed by atoms with E-state index in [1.54, 1.807) is 11.0 Å². The first-order valence-corrected chi connectivity index (χ1v) is 8.70. The highest BCUT2D eigenvalue weighted by atomic mass is 35.5. The van der Waals surface area contributed by atoms with Crippen LogP contribution in [0.2, 0.25) is 10.0 Å². The second-order valence-corrected chi connectivity index (χ2v) is 6.59. The van der Waals surface area contributed by atoms with Gasteiger partial charge in [0.15, 0.2) is 0 Å². The van der Waals surface area contributed by atoms with Gasteiger partial charge in [-0.1, -0.05) is 23.2 Å². The first-order chi connectivity index (χ1) is 12.9. The topological polar surface area (TPSA) is 102 Å². The Morgan fingerprint density at radius 3 is 2.26 bits per heavy atom. The molecule has 1 fully saturated rings. The summed E-state index contributed by atoms with van der Waals surface area (Å²) in [6.07, 6.45) is 2.80. The van der Waals surface area contributed by atoms with Gasteiger partial charge in [0.05, 0.1) is 27.6 Å². The van der Waals surface area contributed by atoms with Gasteiger partial charge >= 0.3 is 11.7 Å². The number of rotatable bonds is 4. The molecule has 1 aliphatic heterocycles. The molecule has 3 heterocycles. The van der Waals surface area contributed by atoms with Gasteiger partial charge in [-0.25, -0.2) is 14.8 Å². The minimum absolute atomic E-state index is 0.0312. The highest BCUT2D eigenvalue weighted by molar-refractivity contribution is 6.36. The number of methoxy groups -OCH3 is 1. The summed E-state index contributed by atoms with van der Waals surface area (Å²) in [4.78, 5) is 34.6. The second-order valence-electron chi connectivity index (χ2n) is 5.75. The maximum absolute atomic E-state index is 11.6. The van der Waals surface area contributed by atoms with Crippen LogP contribution >= 0.6 is 23.2 Å². The summed E-state index contributed by atoms with van der Waals surface area (Å²) in [5.74, 6) is 0.150. The van der Waals surface area contributed by atoms with Gasteiger partial charge in [0, 0.05) is 44.6 Å². The molecule has 11 heteroatoms. The van der Waals surface area contributed by atoms with Gasteiger partial charge in [-0.15, -0.1) is 0 Å². The van der Waals surface area contributed by atoms with Crippen molar-refractivity contribution in [2.75, 3.05) is 43.1 Å². The number of hydrogen-bond donors (Lipinski definition) is 0. The number of nitro groups is 1. The molecular formula is C16H15Cl2N5O4. The Morgan fingerprint density at radius 2 is 1.70 bits per heavy atom. The van der Waals surface area contributed by atoms with Crippen molar-refractivity contribution < 1.29 is 14.5 Å². The number of halogens is 2. The van der Waals surface area contributed by atoms with Crippen LogP contribution in [0.3, 0.4) is 0 Å². The quantitative estimate of drug-likeness (QED) is 0.429. The summed E-state index contributed by atoms with van der Waals surface area (Å²) >= 11 is 12.1. The Balaban J connectivity index is 1.79. The van der Waals surface area contributed by atoms with E-state index in [-0.39, 0.29) is 17.1 Å². The average molecular weight is 412 g/mol. The van der Waals surface area contributed by atoms with E-state index >= 15 is 0 Å². The van der Waals surface area contributed by atoms with Crippen molar-refractivity contribution >= 4 is 46.5 Å². The highest BCUT2D eigenvalue weighted by Gasteiger charge is 2.27. The number of hydrogen-bond acceptors (Lipinski definition) is 8. The normalized spacial score (nSPS) is 14.2. The van der Waals surface area contributed by atoms with E-state index in [9.17, 15) is 14.9 Å². The number of piperazine rings is 1. The zero-order valence-corrected chi connectivity index (χ0v) is 15.8. The highest BCUT2D eigenvalue weighted by Crippen LogP contribution is 2.30. The largest absolute Gasteiger partial charge is 0.465 e. The number of carbonyl (C=O) groups is 1. The third-order valence-corrected chi connectivity index (χ3v) is 4.62. The molecule has 1 saturated heterocycles. The Labute approximate surface area is 164 Å². The van der Waals surface area contributed by atoms with Crippen molar-refractivity contribution in [3.8, 4) is 0 Å². The molecule has 9 nitrogen and oxygen atoms in total. The van der Waals surface area contributed by atoms with Crippen LogP contribution in [0.5, 0.6) is 0 Å². The molecule has 1 aliphatic rings. The molecular weight excluding hydrogens is 397 g/mol. The predicted octanol–water partition coefficient (Wildman–Crippen LogP) is 2.80. The van der Waals surface area contributed by atoms with Crippen molar-refractivity contribution in [2.45, 2.75) is 0 Å². The van der Waals surface area contributed by atoms with Crippen LogP contribution in [0.4, 0.5) is 17.3 Å². The molecule has 0 aliphatic carbocycles. The standard InChI is InChI=1S/C16H15Cl2N5O4/c1-27-16(24)10-6-13(23(25)26)15(19-8-10)22-4-2-21(3-5-22)14-12(18)7-11(17)9-20-14/h6-9H,2-5H2,1H3. The van der Waals surface area contributed by atoms with E-state index < -0.39 is 10.9 Å². The number of pyridine rings is 2. The maximum Gasteiger partial charge on any atom is 0.339 e. The Morgan fingerprint density at radius 1 is 1.11 bits per heavy atom. The molecule has 0 unspecified atom stereocenters. The summed E-state index contributed by atoms with van der Waals surface area (Å²) in [6.45, 7) is 2.05. The molecule has 0 radical (unpaired) electrons. The van der Waals surface area contributed by atoms with E-state index in [2.05, 4.69) is 14.7 Å². The van der Waals surface area contributed by atoms with Crippen molar-refractivity contribution in [3.05, 3.63) is 50.2 Å². The van der Waals surface area contributed by atoms with Gasteiger partial charge in [0.25, 0.3) is 0 Å². The van der Waals surface area contributed by atoms with E-state index in [0.717, 1.165) is 0 Å². The summed E-state index contributed by atoms with van der Waals surface area (Å²) in [6, 6.07) is 2.80. The number of aromatic nitrogens is 2. The lowest BCUT2D eigenvalue weighted by atomic mass is 10.2. The lowest BCUT2D eigenvalue weighted by Gasteiger charge is -2.36. The second kappa shape index (κ2) is 7.93. The molecule has 142 valence electrons. The fourth-order valence-corrected chi connectivity index (χ4v) is 3.32. The van der Waals surface area contributed by atoms with Crippen molar-refractivity contribution in [1.29, 1.82) is 0 Å². The van der Waals surface area contributed by atoms with Crippen LogP contribution in [0.15, 0.2) is 24.5 Å². The molecule has 0 spiro atoms. The summed E-state index contributed by atoms with van der Waals surface area (Å²) in [5, 5.41) is 12.3. The number of ether oxygens (including phenoxy) is 1. The Kier molecular flexibility index (Phi) is 5.62. The molecule has 0 amide bonds. The van der Waals surface area contributed by atoms with Crippen LogP contribution in [0, 0.1) is 10.1 Å². The summed E-state index contributed by atoms with van der Waals surface area (Å²) < 4.78 is 4.59. The zero-order valence-electron chi connectivity index (χ0n) is 14.3. The summed E-state index contributed by atoms with van der Waals surface area (Å²) in [7, 11) is 1.21. The predicted molar refractivity (Wildman–Crippen MR) is 101 cm³/mol. The molecule has 0 aromatic carbocycles. The van der Waals surface area contributed by atoms with E-state index in [1.165, 1.54) is 25.6 Å². The van der Waals surface area contributed by atoms with Crippen LogP contribution in [-0.4, -0.2) is 54.1 Å². The minimum atomic E-state index is -0.676. The van der Waals surface area contributed by atoms with E-state index in [1.807, 2.05) is 4.90 Å². The molecule has 2 aromatic heterocycles. The van der Waals surface area contributed by atoms with Gasteiger partial charge in [-0.2, -0.15) is 0 Å². The number of carbonyl (C=O) groups excluding carboxylic acids is 1. The maximum atomic E-state index is 11.6. The third kappa shape index (κ3) is 4.04. The molecule has 0 saturated carbocycles. The molecule has 3 rings (SSSR count). The lowest BCUT2D eigenvalue weighted by molar-refractivity contribution is -0.384. The molecule has 2 aromatic rings. The van der Waals surface area contributed by atoms with Gasteiger partial charge in [-0.05, 0) is 6.07 Å². The SMILES string of the molecule is COC(=O)c1cnc(N2CCN(c3ncc(Cl)cc3Cl)CC2)c([N+](=O)[O-])c1. The monoisotopic (exact) mass is 411 g/mol. The van der Waals surface area contributed by atoms with Gasteiger partial charge < -0.3 is 14.5 Å².